The first-order valence-electron chi connectivity index (χ1n) is 10.1. The Kier molecular flexibility index (Phi) is 6.19. The molecule has 0 bridgehead atoms. The average Bonchev–Trinajstić information content (AvgIpc) is 3.36. The van der Waals surface area contributed by atoms with Crippen LogP contribution in [0.4, 0.5) is 10.3 Å². The summed E-state index contributed by atoms with van der Waals surface area (Å²) in [5.74, 6) is 0.349. The van der Waals surface area contributed by atoms with Crippen molar-refractivity contribution in [3.8, 4) is 0 Å². The van der Waals surface area contributed by atoms with Crippen LogP contribution in [-0.4, -0.2) is 40.5 Å². The fourth-order valence-electron chi connectivity index (χ4n) is 3.64. The van der Waals surface area contributed by atoms with Gasteiger partial charge in [-0.15, -0.1) is 11.3 Å². The smallest absolute Gasteiger partial charge is 0.271 e. The molecule has 1 aliphatic heterocycles. The largest absolute Gasteiger partial charge is 0.351 e. The number of fused-ring (bicyclic) bond motifs is 1. The standard InChI is InChI=1S/C21H25FN6OS/c1-12-7-17-19(30-12)18(20(29)25-6-4-14-3-5-23-9-14)28-21(27-17)26-13(2)15-8-16(22)11-24-10-15/h7-8,10-11,13-14,23H,3-6,9H2,1-2H3,(H,25,29)(H,26,27,28)/t13-,14?/m0/s1. The van der Waals surface area contributed by atoms with Gasteiger partial charge in [0.2, 0.25) is 5.95 Å². The molecule has 0 saturated carbocycles. The number of aromatic nitrogens is 3. The summed E-state index contributed by atoms with van der Waals surface area (Å²) < 4.78 is 14.3. The summed E-state index contributed by atoms with van der Waals surface area (Å²) in [4.78, 5) is 26.9. The fraction of sp³-hybridized carbons (Fsp3) is 0.429. The van der Waals surface area contributed by atoms with E-state index in [2.05, 4.69) is 30.9 Å². The molecule has 9 heteroatoms. The van der Waals surface area contributed by atoms with E-state index >= 15 is 0 Å². The first-order valence-corrected chi connectivity index (χ1v) is 11.0. The van der Waals surface area contributed by atoms with Crippen LogP contribution in [0.25, 0.3) is 10.2 Å². The van der Waals surface area contributed by atoms with E-state index in [1.165, 1.54) is 17.4 Å². The van der Waals surface area contributed by atoms with Crippen LogP contribution >= 0.6 is 11.3 Å². The van der Waals surface area contributed by atoms with Gasteiger partial charge in [0.15, 0.2) is 5.69 Å². The molecule has 3 aromatic rings. The van der Waals surface area contributed by atoms with Crippen molar-refractivity contribution in [3.63, 3.8) is 0 Å². The zero-order chi connectivity index (χ0) is 21.1. The van der Waals surface area contributed by atoms with Gasteiger partial charge in [-0.25, -0.2) is 14.4 Å². The van der Waals surface area contributed by atoms with Crippen LogP contribution in [0.3, 0.4) is 0 Å². The quantitative estimate of drug-likeness (QED) is 0.534. The van der Waals surface area contributed by atoms with Crippen molar-refractivity contribution >= 4 is 33.4 Å². The topological polar surface area (TPSA) is 91.8 Å². The number of thiophene rings is 1. The molecule has 1 unspecified atom stereocenters. The molecule has 1 fully saturated rings. The third-order valence-electron chi connectivity index (χ3n) is 5.28. The Morgan fingerprint density at radius 3 is 3.00 bits per heavy atom. The zero-order valence-corrected chi connectivity index (χ0v) is 17.9. The lowest BCUT2D eigenvalue weighted by Gasteiger charge is -2.15. The van der Waals surface area contributed by atoms with E-state index in [0.29, 0.717) is 29.7 Å². The third-order valence-corrected chi connectivity index (χ3v) is 6.33. The van der Waals surface area contributed by atoms with Crippen molar-refractivity contribution in [3.05, 3.63) is 46.5 Å². The number of amides is 1. The van der Waals surface area contributed by atoms with Gasteiger partial charge in [0.05, 0.1) is 22.5 Å². The van der Waals surface area contributed by atoms with Crippen molar-refractivity contribution in [2.45, 2.75) is 32.7 Å². The molecular formula is C21H25FN6OS. The molecule has 1 aliphatic rings. The molecule has 0 aromatic carbocycles. The maximum absolute atomic E-state index is 13.5. The van der Waals surface area contributed by atoms with Crippen LogP contribution in [-0.2, 0) is 0 Å². The van der Waals surface area contributed by atoms with E-state index in [4.69, 9.17) is 0 Å². The predicted octanol–water partition coefficient (Wildman–Crippen LogP) is 3.44. The number of aryl methyl sites for hydroxylation is 1. The first kappa shape index (κ1) is 20.6. The van der Waals surface area contributed by atoms with Crippen LogP contribution in [0.5, 0.6) is 0 Å². The lowest BCUT2D eigenvalue weighted by Crippen LogP contribution is -2.27. The van der Waals surface area contributed by atoms with Gasteiger partial charge in [-0.05, 0) is 63.4 Å². The Bertz CT molecular complexity index is 1050. The molecule has 0 aliphatic carbocycles. The molecule has 158 valence electrons. The first-order chi connectivity index (χ1) is 14.5. The Hall–Kier alpha value is -2.65. The lowest BCUT2D eigenvalue weighted by molar-refractivity contribution is 0.0948. The van der Waals surface area contributed by atoms with E-state index < -0.39 is 5.82 Å². The second kappa shape index (κ2) is 9.01. The van der Waals surface area contributed by atoms with Gasteiger partial charge >= 0.3 is 0 Å². The minimum atomic E-state index is -0.400. The summed E-state index contributed by atoms with van der Waals surface area (Å²) in [7, 11) is 0. The van der Waals surface area contributed by atoms with Gasteiger partial charge in [-0.3, -0.25) is 9.78 Å². The number of hydrogen-bond acceptors (Lipinski definition) is 7. The van der Waals surface area contributed by atoms with E-state index in [0.717, 1.165) is 47.2 Å². The molecule has 2 atom stereocenters. The van der Waals surface area contributed by atoms with Crippen LogP contribution < -0.4 is 16.0 Å². The summed E-state index contributed by atoms with van der Waals surface area (Å²) in [6.07, 6.45) is 4.86. The highest BCUT2D eigenvalue weighted by Crippen LogP contribution is 2.28. The summed E-state index contributed by atoms with van der Waals surface area (Å²) in [6, 6.07) is 3.10. The van der Waals surface area contributed by atoms with Crippen molar-refractivity contribution in [1.29, 1.82) is 0 Å². The third kappa shape index (κ3) is 4.73. The van der Waals surface area contributed by atoms with Gasteiger partial charge < -0.3 is 16.0 Å². The van der Waals surface area contributed by atoms with Crippen LogP contribution in [0.2, 0.25) is 0 Å². The molecule has 4 heterocycles. The van der Waals surface area contributed by atoms with Gasteiger partial charge in [-0.2, -0.15) is 0 Å². The minimum absolute atomic E-state index is 0.196. The Morgan fingerprint density at radius 2 is 2.23 bits per heavy atom. The minimum Gasteiger partial charge on any atom is -0.351 e. The molecule has 4 rings (SSSR count). The lowest BCUT2D eigenvalue weighted by atomic mass is 10.1. The zero-order valence-electron chi connectivity index (χ0n) is 17.0. The predicted molar refractivity (Wildman–Crippen MR) is 116 cm³/mol. The van der Waals surface area contributed by atoms with Gasteiger partial charge in [0.25, 0.3) is 5.91 Å². The molecule has 0 spiro atoms. The van der Waals surface area contributed by atoms with Crippen molar-refractivity contribution in [1.82, 2.24) is 25.6 Å². The number of rotatable bonds is 7. The molecule has 3 aromatic heterocycles. The molecule has 1 amide bonds. The Balaban J connectivity index is 1.53. The summed E-state index contributed by atoms with van der Waals surface area (Å²) in [5, 5.41) is 9.52. The SMILES string of the molecule is Cc1cc2nc(N[C@@H](C)c3cncc(F)c3)nc(C(=O)NCCC3CCNC3)c2s1. The monoisotopic (exact) mass is 428 g/mol. The van der Waals surface area contributed by atoms with E-state index in [1.807, 2.05) is 19.9 Å². The van der Waals surface area contributed by atoms with Crippen LogP contribution in [0.15, 0.2) is 24.5 Å². The number of pyridine rings is 1. The van der Waals surface area contributed by atoms with Crippen molar-refractivity contribution in [2.75, 3.05) is 25.0 Å². The van der Waals surface area contributed by atoms with Crippen LogP contribution in [0, 0.1) is 18.7 Å². The summed E-state index contributed by atoms with van der Waals surface area (Å²) in [5.41, 5.74) is 1.77. The van der Waals surface area contributed by atoms with Crippen LogP contribution in [0.1, 0.15) is 46.7 Å². The van der Waals surface area contributed by atoms with Gasteiger partial charge in [0.1, 0.15) is 5.82 Å². The van der Waals surface area contributed by atoms with E-state index in [1.54, 1.807) is 6.20 Å². The summed E-state index contributed by atoms with van der Waals surface area (Å²) in [6.45, 7) is 6.54. The molecule has 30 heavy (non-hydrogen) atoms. The van der Waals surface area contributed by atoms with Gasteiger partial charge in [0, 0.05) is 17.6 Å². The molecule has 0 radical (unpaired) electrons. The maximum atomic E-state index is 13.5. The number of nitrogens with zero attached hydrogens (tertiary/aromatic N) is 3. The highest BCUT2D eigenvalue weighted by molar-refractivity contribution is 7.19. The average molecular weight is 429 g/mol. The molecule has 7 nitrogen and oxygen atoms in total. The van der Waals surface area contributed by atoms with E-state index in [9.17, 15) is 9.18 Å². The summed E-state index contributed by atoms with van der Waals surface area (Å²) >= 11 is 1.51. The number of hydrogen-bond donors (Lipinski definition) is 3. The highest BCUT2D eigenvalue weighted by Gasteiger charge is 2.20. The maximum Gasteiger partial charge on any atom is 0.271 e. The van der Waals surface area contributed by atoms with Crippen molar-refractivity contribution in [2.24, 2.45) is 5.92 Å². The fourth-order valence-corrected chi connectivity index (χ4v) is 4.58. The van der Waals surface area contributed by atoms with Crippen molar-refractivity contribution < 1.29 is 9.18 Å². The second-order valence-corrected chi connectivity index (χ2v) is 8.93. The number of carbonyl (C=O) groups excluding carboxylic acids is 1. The van der Waals surface area contributed by atoms with Gasteiger partial charge in [-0.1, -0.05) is 0 Å². The number of anilines is 1. The van der Waals surface area contributed by atoms with E-state index in [-0.39, 0.29) is 11.9 Å². The molecule has 1 saturated heterocycles. The highest BCUT2D eigenvalue weighted by atomic mass is 32.1. The second-order valence-electron chi connectivity index (χ2n) is 7.67. The normalized spacial score (nSPS) is 17.2. The Labute approximate surface area is 178 Å². The molecule has 3 N–H and O–H groups in total. The molecular weight excluding hydrogens is 403 g/mol. The number of nitrogens with one attached hydrogen (secondary N) is 3. The Morgan fingerprint density at radius 1 is 1.37 bits per heavy atom. The number of halogens is 1. The number of carbonyl (C=O) groups is 1.